The Bertz CT molecular complexity index is 721. The number of likely N-dealkylation sites (tertiary alicyclic amines) is 1. The minimum absolute atomic E-state index is 0.0501. The zero-order valence-electron chi connectivity index (χ0n) is 13.2. The van der Waals surface area contributed by atoms with Crippen LogP contribution in [0.2, 0.25) is 0 Å². The Kier molecular flexibility index (Phi) is 4.33. The van der Waals surface area contributed by atoms with Gasteiger partial charge in [0.05, 0.1) is 12.6 Å². The maximum atomic E-state index is 12.7. The summed E-state index contributed by atoms with van der Waals surface area (Å²) in [4.78, 5) is 20.3. The van der Waals surface area contributed by atoms with Crippen molar-refractivity contribution in [1.29, 1.82) is 0 Å². The Hall–Kier alpha value is -2.32. The van der Waals surface area contributed by atoms with Crippen molar-refractivity contribution in [1.82, 2.24) is 24.6 Å². The van der Waals surface area contributed by atoms with Gasteiger partial charge >= 0.3 is 6.18 Å². The molecule has 1 fully saturated rings. The van der Waals surface area contributed by atoms with Gasteiger partial charge in [0.15, 0.2) is 0 Å². The van der Waals surface area contributed by atoms with E-state index < -0.39 is 11.9 Å². The number of nitrogens with zero attached hydrogens (tertiary/aromatic N) is 4. The van der Waals surface area contributed by atoms with Crippen molar-refractivity contribution in [3.63, 3.8) is 0 Å². The number of nitrogens with one attached hydrogen (secondary N) is 1. The number of amides is 1. The number of piperidine rings is 1. The molecule has 0 unspecified atom stereocenters. The average molecular weight is 341 g/mol. The topological polar surface area (TPSA) is 66.8 Å². The number of aryl methyl sites for hydroxylation is 1. The molecule has 1 saturated heterocycles. The number of alkyl halides is 3. The molecule has 2 aromatic rings. The first-order valence-corrected chi connectivity index (χ1v) is 7.71. The second-order valence-electron chi connectivity index (χ2n) is 5.98. The van der Waals surface area contributed by atoms with Crippen LogP contribution in [-0.2, 0) is 24.4 Å². The van der Waals surface area contributed by atoms with Crippen LogP contribution in [-0.4, -0.2) is 43.6 Å². The highest BCUT2D eigenvalue weighted by Gasteiger charge is 2.34. The number of halogens is 3. The highest BCUT2D eigenvalue weighted by molar-refractivity contribution is 5.78. The third kappa shape index (κ3) is 3.44. The van der Waals surface area contributed by atoms with E-state index in [1.807, 2.05) is 0 Å². The van der Waals surface area contributed by atoms with Crippen molar-refractivity contribution in [2.24, 2.45) is 7.05 Å². The monoisotopic (exact) mass is 341 g/mol. The molecule has 9 heteroatoms. The van der Waals surface area contributed by atoms with E-state index in [0.717, 1.165) is 18.3 Å². The molecule has 24 heavy (non-hydrogen) atoms. The van der Waals surface area contributed by atoms with Gasteiger partial charge in [-0.3, -0.25) is 9.48 Å². The molecule has 0 aromatic carbocycles. The number of aromatic nitrogens is 4. The lowest BCUT2D eigenvalue weighted by Gasteiger charge is -2.32. The molecule has 0 aliphatic carbocycles. The summed E-state index contributed by atoms with van der Waals surface area (Å²) in [7, 11) is 1.77. The van der Waals surface area contributed by atoms with E-state index in [4.69, 9.17) is 0 Å². The highest BCUT2D eigenvalue weighted by Crippen LogP contribution is 2.31. The van der Waals surface area contributed by atoms with E-state index in [-0.39, 0.29) is 18.2 Å². The van der Waals surface area contributed by atoms with E-state index in [9.17, 15) is 18.0 Å². The van der Waals surface area contributed by atoms with E-state index in [2.05, 4.69) is 15.1 Å². The molecule has 2 aromatic heterocycles. The van der Waals surface area contributed by atoms with Gasteiger partial charge in [-0.15, -0.1) is 0 Å². The minimum atomic E-state index is -4.44. The van der Waals surface area contributed by atoms with Crippen LogP contribution in [0.3, 0.4) is 0 Å². The van der Waals surface area contributed by atoms with Gasteiger partial charge < -0.3 is 9.88 Å². The number of carbonyl (C=O) groups excluding carboxylic acids is 1. The largest absolute Gasteiger partial charge is 0.432 e. The normalized spacial score (nSPS) is 18.8. The second kappa shape index (κ2) is 6.29. The molecule has 1 amide bonds. The number of H-pyrrole nitrogens is 1. The van der Waals surface area contributed by atoms with Crippen LogP contribution < -0.4 is 0 Å². The van der Waals surface area contributed by atoms with Gasteiger partial charge in [0.2, 0.25) is 5.91 Å². The van der Waals surface area contributed by atoms with Crippen LogP contribution in [0.15, 0.2) is 18.5 Å². The lowest BCUT2D eigenvalue weighted by Crippen LogP contribution is -2.40. The molecule has 0 saturated carbocycles. The van der Waals surface area contributed by atoms with Crippen LogP contribution in [0, 0.1) is 0 Å². The molecule has 6 nitrogen and oxygen atoms in total. The van der Waals surface area contributed by atoms with Gasteiger partial charge in [0.25, 0.3) is 0 Å². The number of imidazole rings is 1. The van der Waals surface area contributed by atoms with Gasteiger partial charge in [-0.2, -0.15) is 18.3 Å². The summed E-state index contributed by atoms with van der Waals surface area (Å²) in [6, 6.07) is 1.78. The van der Waals surface area contributed by atoms with Crippen LogP contribution in [0.25, 0.3) is 0 Å². The molecule has 3 heterocycles. The molecule has 1 atom stereocenters. The summed E-state index contributed by atoms with van der Waals surface area (Å²) in [5.41, 5.74) is -0.0460. The van der Waals surface area contributed by atoms with Crippen molar-refractivity contribution in [2.45, 2.75) is 31.4 Å². The first-order valence-electron chi connectivity index (χ1n) is 7.71. The van der Waals surface area contributed by atoms with Crippen molar-refractivity contribution in [3.8, 4) is 0 Å². The SMILES string of the molecule is Cn1nccc1CC(=O)N1CCC[C@@H](c2ncc(C(F)(F)F)[nH]2)C1. The molecule has 0 spiro atoms. The predicted molar refractivity (Wildman–Crippen MR) is 79.1 cm³/mol. The summed E-state index contributed by atoms with van der Waals surface area (Å²) >= 11 is 0. The maximum Gasteiger partial charge on any atom is 0.432 e. The Morgan fingerprint density at radius 3 is 2.88 bits per heavy atom. The average Bonchev–Trinajstić information content (AvgIpc) is 3.17. The van der Waals surface area contributed by atoms with E-state index in [1.165, 1.54) is 0 Å². The molecule has 1 N–H and O–H groups in total. The number of aromatic amines is 1. The van der Waals surface area contributed by atoms with Crippen LogP contribution in [0.4, 0.5) is 13.2 Å². The summed E-state index contributed by atoms with van der Waals surface area (Å²) in [6.07, 6.45) is -0.316. The van der Waals surface area contributed by atoms with Gasteiger partial charge in [0, 0.05) is 37.9 Å². The Morgan fingerprint density at radius 1 is 1.46 bits per heavy atom. The molecule has 0 bridgehead atoms. The van der Waals surface area contributed by atoms with Gasteiger partial charge in [0.1, 0.15) is 11.5 Å². The predicted octanol–water partition coefficient (Wildman–Crippen LogP) is 2.11. The van der Waals surface area contributed by atoms with Gasteiger partial charge in [-0.25, -0.2) is 4.98 Å². The quantitative estimate of drug-likeness (QED) is 0.930. The minimum Gasteiger partial charge on any atom is -0.342 e. The van der Waals surface area contributed by atoms with E-state index >= 15 is 0 Å². The maximum absolute atomic E-state index is 12.7. The van der Waals surface area contributed by atoms with Crippen molar-refractivity contribution < 1.29 is 18.0 Å². The zero-order chi connectivity index (χ0) is 17.3. The zero-order valence-corrected chi connectivity index (χ0v) is 13.2. The number of carbonyl (C=O) groups is 1. The Morgan fingerprint density at radius 2 is 2.25 bits per heavy atom. The Balaban J connectivity index is 1.67. The molecular formula is C15H18F3N5O. The lowest BCUT2D eigenvalue weighted by atomic mass is 9.97. The van der Waals surface area contributed by atoms with Crippen molar-refractivity contribution >= 4 is 5.91 Å². The van der Waals surface area contributed by atoms with Crippen LogP contribution in [0.5, 0.6) is 0 Å². The highest BCUT2D eigenvalue weighted by atomic mass is 19.4. The number of rotatable bonds is 3. The van der Waals surface area contributed by atoms with Crippen molar-refractivity contribution in [2.75, 3.05) is 13.1 Å². The Labute approximate surface area is 136 Å². The fourth-order valence-corrected chi connectivity index (χ4v) is 2.96. The fourth-order valence-electron chi connectivity index (χ4n) is 2.96. The van der Waals surface area contributed by atoms with Gasteiger partial charge in [-0.1, -0.05) is 0 Å². The number of hydrogen-bond donors (Lipinski definition) is 1. The summed E-state index contributed by atoms with van der Waals surface area (Å²) in [6.45, 7) is 0.988. The van der Waals surface area contributed by atoms with Crippen molar-refractivity contribution in [3.05, 3.63) is 35.7 Å². The fraction of sp³-hybridized carbons (Fsp3) is 0.533. The molecule has 3 rings (SSSR count). The third-order valence-electron chi connectivity index (χ3n) is 4.32. The van der Waals surface area contributed by atoms with Crippen LogP contribution >= 0.6 is 0 Å². The smallest absolute Gasteiger partial charge is 0.342 e. The first kappa shape index (κ1) is 16.5. The molecular weight excluding hydrogens is 323 g/mol. The van der Waals surface area contributed by atoms with E-state index in [1.54, 1.807) is 28.9 Å². The molecule has 1 aliphatic rings. The summed E-state index contributed by atoms with van der Waals surface area (Å²) < 4.78 is 39.7. The summed E-state index contributed by atoms with van der Waals surface area (Å²) in [5.74, 6) is 0.0385. The number of hydrogen-bond acceptors (Lipinski definition) is 3. The second-order valence-corrected chi connectivity index (χ2v) is 5.98. The standard InChI is InChI=1S/C15H18F3N5O/c1-22-11(4-5-20-22)7-13(24)23-6-2-3-10(9-23)14-19-8-12(21-14)15(16,17)18/h4-5,8,10H,2-3,6-7,9H2,1H3,(H,19,21)/t10-/m1/s1. The van der Waals surface area contributed by atoms with Gasteiger partial charge in [-0.05, 0) is 18.9 Å². The first-order chi connectivity index (χ1) is 11.3. The van der Waals surface area contributed by atoms with Crippen LogP contribution in [0.1, 0.15) is 36.0 Å². The molecule has 1 aliphatic heterocycles. The summed E-state index contributed by atoms with van der Waals surface area (Å²) in [5, 5.41) is 4.03. The lowest BCUT2D eigenvalue weighted by molar-refractivity contribution is -0.141. The molecule has 0 radical (unpaired) electrons. The van der Waals surface area contributed by atoms with E-state index in [0.29, 0.717) is 25.3 Å². The molecule has 130 valence electrons. The third-order valence-corrected chi connectivity index (χ3v) is 4.32.